The van der Waals surface area contributed by atoms with Gasteiger partial charge in [0, 0.05) is 11.3 Å². The summed E-state index contributed by atoms with van der Waals surface area (Å²) in [6.45, 7) is 5.96. The molecule has 1 unspecified atom stereocenters. The molecule has 5 rings (SSSR count). The molecular weight excluding hydrogens is 462 g/mol. The van der Waals surface area contributed by atoms with E-state index in [9.17, 15) is 14.7 Å². The monoisotopic (exact) mass is 491 g/mol. The molecule has 0 bridgehead atoms. The average molecular weight is 492 g/mol. The summed E-state index contributed by atoms with van der Waals surface area (Å²) in [6, 6.07) is 27.5. The van der Waals surface area contributed by atoms with Crippen molar-refractivity contribution in [2.24, 2.45) is 0 Å². The zero-order chi connectivity index (χ0) is 26.1. The van der Waals surface area contributed by atoms with Gasteiger partial charge in [0.1, 0.15) is 11.5 Å². The molecule has 1 amide bonds. The normalized spacial score (nSPS) is 17.1. The number of anilines is 1. The first-order chi connectivity index (χ1) is 17.9. The number of ketones is 1. The van der Waals surface area contributed by atoms with Crippen LogP contribution in [0.3, 0.4) is 0 Å². The number of aliphatic hydroxyl groups is 1. The van der Waals surface area contributed by atoms with Crippen molar-refractivity contribution < 1.29 is 19.4 Å². The van der Waals surface area contributed by atoms with Crippen molar-refractivity contribution in [1.29, 1.82) is 0 Å². The molecule has 0 aliphatic carbocycles. The molecule has 5 heteroatoms. The quantitative estimate of drug-likeness (QED) is 0.183. The summed E-state index contributed by atoms with van der Waals surface area (Å²) in [7, 11) is 0. The van der Waals surface area contributed by atoms with Gasteiger partial charge in [0.15, 0.2) is 0 Å². The number of aryl methyl sites for hydroxylation is 1. The number of amides is 1. The second-order valence-electron chi connectivity index (χ2n) is 9.49. The van der Waals surface area contributed by atoms with Crippen LogP contribution in [0.4, 0.5) is 5.69 Å². The van der Waals surface area contributed by atoms with Gasteiger partial charge in [-0.05, 0) is 72.5 Å². The van der Waals surface area contributed by atoms with E-state index in [1.165, 1.54) is 4.90 Å². The molecule has 0 saturated carbocycles. The summed E-state index contributed by atoms with van der Waals surface area (Å²) >= 11 is 0. The van der Waals surface area contributed by atoms with Gasteiger partial charge in [-0.1, -0.05) is 67.6 Å². The van der Waals surface area contributed by atoms with E-state index in [1.807, 2.05) is 74.5 Å². The van der Waals surface area contributed by atoms with Crippen LogP contribution >= 0.6 is 0 Å². The number of nitrogens with zero attached hydrogens (tertiary/aromatic N) is 1. The minimum Gasteiger partial charge on any atom is -0.507 e. The molecule has 4 aromatic carbocycles. The van der Waals surface area contributed by atoms with E-state index in [2.05, 4.69) is 6.92 Å². The Labute approximate surface area is 216 Å². The van der Waals surface area contributed by atoms with E-state index in [1.54, 1.807) is 30.3 Å². The molecule has 1 heterocycles. The van der Waals surface area contributed by atoms with Crippen LogP contribution in [0.15, 0.2) is 96.6 Å². The van der Waals surface area contributed by atoms with Crippen molar-refractivity contribution >= 4 is 33.9 Å². The van der Waals surface area contributed by atoms with Crippen molar-refractivity contribution in [1.82, 2.24) is 0 Å². The molecule has 186 valence electrons. The molecule has 1 atom stereocenters. The van der Waals surface area contributed by atoms with Gasteiger partial charge in [0.2, 0.25) is 0 Å². The van der Waals surface area contributed by atoms with Crippen LogP contribution in [0.25, 0.3) is 16.5 Å². The fraction of sp³-hybridized carbons (Fsp3) is 0.188. The average Bonchev–Trinajstić information content (AvgIpc) is 3.18. The maximum Gasteiger partial charge on any atom is 0.300 e. The third-order valence-electron chi connectivity index (χ3n) is 6.66. The molecule has 1 saturated heterocycles. The highest BCUT2D eigenvalue weighted by Gasteiger charge is 2.47. The van der Waals surface area contributed by atoms with Crippen LogP contribution in [0.5, 0.6) is 5.75 Å². The zero-order valence-electron chi connectivity index (χ0n) is 21.1. The van der Waals surface area contributed by atoms with Gasteiger partial charge in [0.05, 0.1) is 17.7 Å². The lowest BCUT2D eigenvalue weighted by Crippen LogP contribution is -2.29. The smallest absolute Gasteiger partial charge is 0.300 e. The first-order valence-electron chi connectivity index (χ1n) is 12.5. The predicted octanol–water partition coefficient (Wildman–Crippen LogP) is 6.82. The fourth-order valence-electron chi connectivity index (χ4n) is 4.80. The molecule has 4 aromatic rings. The number of carbonyl (C=O) groups excluding carboxylic acids is 2. The Morgan fingerprint density at radius 3 is 2.22 bits per heavy atom. The van der Waals surface area contributed by atoms with Crippen LogP contribution in [0.2, 0.25) is 0 Å². The predicted molar refractivity (Wildman–Crippen MR) is 147 cm³/mol. The van der Waals surface area contributed by atoms with Crippen LogP contribution in [0.1, 0.15) is 43.5 Å². The standard InChI is InChI=1S/C32H29NO4/c1-4-21-9-11-23(12-10-21)29-28(30(34)25-14-13-22-7-5-6-8-24(22)19-25)31(35)32(36)33(29)26-15-17-27(18-16-26)37-20(2)3/h5-20,29,34H,4H2,1-3H3/b30-28-. The van der Waals surface area contributed by atoms with Crippen molar-refractivity contribution in [2.75, 3.05) is 4.90 Å². The third-order valence-corrected chi connectivity index (χ3v) is 6.66. The number of carbonyl (C=O) groups is 2. The Kier molecular flexibility index (Phi) is 6.53. The number of ether oxygens (including phenoxy) is 1. The first kappa shape index (κ1) is 24.3. The van der Waals surface area contributed by atoms with Crippen molar-refractivity contribution in [3.8, 4) is 5.75 Å². The number of benzene rings is 4. The molecule has 0 spiro atoms. The number of fused-ring (bicyclic) bond motifs is 1. The second kappa shape index (κ2) is 9.94. The second-order valence-corrected chi connectivity index (χ2v) is 9.49. The Bertz CT molecular complexity index is 1500. The van der Waals surface area contributed by atoms with E-state index < -0.39 is 17.7 Å². The van der Waals surface area contributed by atoms with E-state index in [0.29, 0.717) is 17.0 Å². The summed E-state index contributed by atoms with van der Waals surface area (Å²) in [6.07, 6.45) is 0.883. The van der Waals surface area contributed by atoms with E-state index >= 15 is 0 Å². The van der Waals surface area contributed by atoms with Gasteiger partial charge in [-0.3, -0.25) is 14.5 Å². The summed E-state index contributed by atoms with van der Waals surface area (Å²) in [5, 5.41) is 13.4. The van der Waals surface area contributed by atoms with E-state index in [0.717, 1.165) is 28.3 Å². The number of hydrogen-bond acceptors (Lipinski definition) is 4. The van der Waals surface area contributed by atoms with E-state index in [-0.39, 0.29) is 17.4 Å². The largest absolute Gasteiger partial charge is 0.507 e. The van der Waals surface area contributed by atoms with E-state index in [4.69, 9.17) is 4.74 Å². The SMILES string of the molecule is CCc1ccc(C2/C(=C(/O)c3ccc4ccccc4c3)C(=O)C(=O)N2c2ccc(OC(C)C)cc2)cc1. The van der Waals surface area contributed by atoms with Crippen molar-refractivity contribution in [3.05, 3.63) is 113 Å². The Hall–Kier alpha value is -4.38. The minimum atomic E-state index is -0.769. The zero-order valence-corrected chi connectivity index (χ0v) is 21.1. The van der Waals surface area contributed by atoms with Crippen LogP contribution in [0, 0.1) is 0 Å². The van der Waals surface area contributed by atoms with Gasteiger partial charge in [0.25, 0.3) is 11.7 Å². The molecule has 0 radical (unpaired) electrons. The van der Waals surface area contributed by atoms with Crippen LogP contribution in [-0.2, 0) is 16.0 Å². The van der Waals surface area contributed by atoms with Crippen LogP contribution in [-0.4, -0.2) is 22.9 Å². The lowest BCUT2D eigenvalue weighted by molar-refractivity contribution is -0.132. The Balaban J connectivity index is 1.66. The number of hydrogen-bond donors (Lipinski definition) is 1. The number of rotatable bonds is 6. The molecule has 0 aromatic heterocycles. The Morgan fingerprint density at radius 2 is 1.57 bits per heavy atom. The highest BCUT2D eigenvalue weighted by Crippen LogP contribution is 2.42. The maximum atomic E-state index is 13.5. The van der Waals surface area contributed by atoms with Gasteiger partial charge in [-0.2, -0.15) is 0 Å². The van der Waals surface area contributed by atoms with Gasteiger partial charge < -0.3 is 9.84 Å². The Morgan fingerprint density at radius 1 is 0.892 bits per heavy atom. The van der Waals surface area contributed by atoms with Gasteiger partial charge >= 0.3 is 0 Å². The summed E-state index contributed by atoms with van der Waals surface area (Å²) in [5.74, 6) is -0.895. The minimum absolute atomic E-state index is 0.0131. The highest BCUT2D eigenvalue weighted by molar-refractivity contribution is 6.51. The van der Waals surface area contributed by atoms with Crippen molar-refractivity contribution in [3.63, 3.8) is 0 Å². The molecule has 1 aliphatic heterocycles. The maximum absolute atomic E-state index is 13.5. The molecule has 1 aliphatic rings. The highest BCUT2D eigenvalue weighted by atomic mass is 16.5. The number of aliphatic hydroxyl groups excluding tert-OH is 1. The lowest BCUT2D eigenvalue weighted by Gasteiger charge is -2.26. The summed E-state index contributed by atoms with van der Waals surface area (Å²) in [5.41, 5.74) is 3.02. The van der Waals surface area contributed by atoms with Gasteiger partial charge in [-0.25, -0.2) is 0 Å². The first-order valence-corrected chi connectivity index (χ1v) is 12.5. The summed E-state index contributed by atoms with van der Waals surface area (Å²) in [4.78, 5) is 28.4. The molecular formula is C32H29NO4. The summed E-state index contributed by atoms with van der Waals surface area (Å²) < 4.78 is 5.75. The molecule has 5 nitrogen and oxygen atoms in total. The molecule has 1 N–H and O–H groups in total. The molecule has 37 heavy (non-hydrogen) atoms. The van der Waals surface area contributed by atoms with Crippen LogP contribution < -0.4 is 9.64 Å². The molecule has 1 fully saturated rings. The number of Topliss-reactive ketones (excluding diaryl/α,β-unsaturated/α-hetero) is 1. The van der Waals surface area contributed by atoms with Gasteiger partial charge in [-0.15, -0.1) is 0 Å². The van der Waals surface area contributed by atoms with Crippen molar-refractivity contribution in [2.45, 2.75) is 39.3 Å². The fourth-order valence-corrected chi connectivity index (χ4v) is 4.80. The topological polar surface area (TPSA) is 66.8 Å². The lowest BCUT2D eigenvalue weighted by atomic mass is 9.93. The third kappa shape index (κ3) is 4.60.